The fourth-order valence-electron chi connectivity index (χ4n) is 4.48. The van der Waals surface area contributed by atoms with Gasteiger partial charge in [0.05, 0.1) is 16.1 Å². The first-order valence-corrected chi connectivity index (χ1v) is 12.1. The second kappa shape index (κ2) is 7.15. The van der Waals surface area contributed by atoms with Crippen LogP contribution in [-0.4, -0.2) is 44.1 Å². The second-order valence-corrected chi connectivity index (χ2v) is 12.1. The first kappa shape index (κ1) is 22.0. The molecule has 8 heteroatoms. The number of benzene rings is 1. The van der Waals surface area contributed by atoms with Crippen LogP contribution in [0, 0.1) is 12.3 Å². The fraction of sp³-hybridized carbons (Fsp3) is 0.636. The normalized spacial score (nSPS) is 25.4. The maximum absolute atomic E-state index is 15.1. The SMILES string of the molecule is Cc1ccc(S(=O)(=O)N2CC3(CCC(=C(F)B4OC(C)(C)C(C)(C)O4)CC3)C2)cc1. The molecular weight excluding hydrogens is 404 g/mol. The van der Waals surface area contributed by atoms with Crippen LogP contribution >= 0.6 is 0 Å². The smallest absolute Gasteiger partial charge is 0.398 e. The molecule has 2 aliphatic heterocycles. The van der Waals surface area contributed by atoms with Gasteiger partial charge in [-0.2, -0.15) is 4.31 Å². The molecule has 0 aromatic heterocycles. The van der Waals surface area contributed by atoms with Gasteiger partial charge in [0, 0.05) is 13.1 Å². The molecule has 0 atom stereocenters. The molecule has 30 heavy (non-hydrogen) atoms. The van der Waals surface area contributed by atoms with Gasteiger partial charge in [0.1, 0.15) is 5.73 Å². The third kappa shape index (κ3) is 3.66. The molecule has 1 aromatic rings. The number of sulfonamides is 1. The number of rotatable bonds is 3. The van der Waals surface area contributed by atoms with Gasteiger partial charge in [-0.15, -0.1) is 0 Å². The van der Waals surface area contributed by atoms with Gasteiger partial charge in [0.2, 0.25) is 10.0 Å². The Morgan fingerprint density at radius 2 is 1.50 bits per heavy atom. The lowest BCUT2D eigenvalue weighted by Crippen LogP contribution is -2.59. The molecule has 0 amide bonds. The number of aryl methyl sites for hydroxylation is 1. The first-order valence-electron chi connectivity index (χ1n) is 10.7. The Morgan fingerprint density at radius 3 is 2.00 bits per heavy atom. The Bertz CT molecular complexity index is 937. The number of halogens is 1. The monoisotopic (exact) mass is 435 g/mol. The van der Waals surface area contributed by atoms with Crippen LogP contribution in [0.25, 0.3) is 0 Å². The lowest BCUT2D eigenvalue weighted by molar-refractivity contribution is 0.00578. The standard InChI is InChI=1S/C22H31BFNO4S/c1-16-6-8-18(9-7-16)30(26,27)25-14-22(15-25)12-10-17(11-13-22)19(24)23-28-20(2,3)21(4,5)29-23/h6-9H,10-15H2,1-5H3. The summed E-state index contributed by atoms with van der Waals surface area (Å²) in [5, 5.41) is 0. The largest absolute Gasteiger partial charge is 0.525 e. The van der Waals surface area contributed by atoms with Gasteiger partial charge in [-0.25, -0.2) is 12.8 Å². The van der Waals surface area contributed by atoms with Gasteiger partial charge >= 0.3 is 7.12 Å². The summed E-state index contributed by atoms with van der Waals surface area (Å²) >= 11 is 0. The molecular formula is C22H31BFNO4S. The van der Waals surface area contributed by atoms with Crippen molar-refractivity contribution in [3.8, 4) is 0 Å². The quantitative estimate of drug-likeness (QED) is 0.660. The molecule has 2 saturated heterocycles. The van der Waals surface area contributed by atoms with Crippen molar-refractivity contribution in [2.75, 3.05) is 13.1 Å². The summed E-state index contributed by atoms with van der Waals surface area (Å²) in [7, 11) is -4.40. The molecule has 1 saturated carbocycles. The number of nitrogens with zero attached hydrogens (tertiary/aromatic N) is 1. The van der Waals surface area contributed by atoms with Crippen LogP contribution in [0.3, 0.4) is 0 Å². The van der Waals surface area contributed by atoms with E-state index in [0.717, 1.165) is 24.0 Å². The van der Waals surface area contributed by atoms with Crippen molar-refractivity contribution in [3.63, 3.8) is 0 Å². The van der Waals surface area contributed by atoms with E-state index < -0.39 is 28.3 Å². The predicted octanol–water partition coefficient (Wildman–Crippen LogP) is 4.41. The Balaban J connectivity index is 1.39. The molecule has 0 N–H and O–H groups in total. The van der Waals surface area contributed by atoms with Crippen molar-refractivity contribution in [2.24, 2.45) is 5.41 Å². The lowest BCUT2D eigenvalue weighted by Gasteiger charge is -2.51. The maximum Gasteiger partial charge on any atom is 0.525 e. The average molecular weight is 435 g/mol. The lowest BCUT2D eigenvalue weighted by atomic mass is 9.67. The van der Waals surface area contributed by atoms with Gasteiger partial charge in [-0.05, 0) is 83.4 Å². The van der Waals surface area contributed by atoms with E-state index >= 15 is 4.39 Å². The molecule has 1 aliphatic carbocycles. The zero-order valence-electron chi connectivity index (χ0n) is 18.5. The van der Waals surface area contributed by atoms with Crippen LogP contribution in [0.15, 0.2) is 40.5 Å². The predicted molar refractivity (Wildman–Crippen MR) is 115 cm³/mol. The van der Waals surface area contributed by atoms with E-state index in [1.807, 2.05) is 46.8 Å². The van der Waals surface area contributed by atoms with Gasteiger partial charge in [-0.1, -0.05) is 17.7 Å². The summed E-state index contributed by atoms with van der Waals surface area (Å²) in [6, 6.07) is 6.96. The van der Waals surface area contributed by atoms with E-state index in [2.05, 4.69) is 0 Å². The molecule has 0 radical (unpaired) electrons. The van der Waals surface area contributed by atoms with Crippen LogP contribution in [0.5, 0.6) is 0 Å². The molecule has 1 spiro atoms. The van der Waals surface area contributed by atoms with E-state index in [-0.39, 0.29) is 11.1 Å². The Labute approximate surface area is 179 Å². The molecule has 1 aromatic carbocycles. The second-order valence-electron chi connectivity index (χ2n) is 10.1. The third-order valence-electron chi connectivity index (χ3n) is 7.39. The number of hydrogen-bond donors (Lipinski definition) is 0. The number of allylic oxidation sites excluding steroid dienone is 1. The zero-order chi connectivity index (χ0) is 21.9. The average Bonchev–Trinajstić information content (AvgIpc) is 2.87. The first-order chi connectivity index (χ1) is 13.9. The van der Waals surface area contributed by atoms with Crippen LogP contribution in [-0.2, 0) is 19.3 Å². The minimum atomic E-state index is -3.46. The summed E-state index contributed by atoms with van der Waals surface area (Å²) in [5.41, 5.74) is 0.307. The van der Waals surface area contributed by atoms with Crippen molar-refractivity contribution in [1.29, 1.82) is 0 Å². The zero-order valence-corrected chi connectivity index (χ0v) is 19.3. The highest BCUT2D eigenvalue weighted by molar-refractivity contribution is 7.89. The summed E-state index contributed by atoms with van der Waals surface area (Å²) in [6.45, 7) is 10.6. The van der Waals surface area contributed by atoms with E-state index in [0.29, 0.717) is 30.8 Å². The van der Waals surface area contributed by atoms with Crippen LogP contribution < -0.4 is 0 Å². The summed E-state index contributed by atoms with van der Waals surface area (Å²) in [5.74, 6) is 0. The van der Waals surface area contributed by atoms with Gasteiger partial charge in [-0.3, -0.25) is 0 Å². The summed E-state index contributed by atoms with van der Waals surface area (Å²) < 4.78 is 54.0. The molecule has 2 heterocycles. The van der Waals surface area contributed by atoms with Crippen molar-refractivity contribution in [3.05, 3.63) is 41.1 Å². The Morgan fingerprint density at radius 1 is 1.00 bits per heavy atom. The van der Waals surface area contributed by atoms with Gasteiger partial charge < -0.3 is 9.31 Å². The Hall–Kier alpha value is -1.22. The maximum atomic E-state index is 15.1. The molecule has 0 bridgehead atoms. The van der Waals surface area contributed by atoms with E-state index in [1.165, 1.54) is 0 Å². The van der Waals surface area contributed by atoms with Crippen LogP contribution in [0.1, 0.15) is 58.9 Å². The molecule has 3 aliphatic rings. The van der Waals surface area contributed by atoms with Crippen molar-refractivity contribution < 1.29 is 22.1 Å². The minimum absolute atomic E-state index is 0.0442. The van der Waals surface area contributed by atoms with Crippen molar-refractivity contribution >= 4 is 17.1 Å². The summed E-state index contributed by atoms with van der Waals surface area (Å²) in [4.78, 5) is 0.339. The van der Waals surface area contributed by atoms with Gasteiger partial charge in [0.15, 0.2) is 0 Å². The summed E-state index contributed by atoms with van der Waals surface area (Å²) in [6.07, 6.45) is 2.81. The molecule has 164 valence electrons. The van der Waals surface area contributed by atoms with Crippen LogP contribution in [0.2, 0.25) is 0 Å². The fourth-order valence-corrected chi connectivity index (χ4v) is 6.15. The highest BCUT2D eigenvalue weighted by Gasteiger charge is 2.54. The molecule has 4 rings (SSSR count). The molecule has 0 unspecified atom stereocenters. The topological polar surface area (TPSA) is 55.8 Å². The van der Waals surface area contributed by atoms with Crippen molar-refractivity contribution in [1.82, 2.24) is 4.31 Å². The minimum Gasteiger partial charge on any atom is -0.398 e. The van der Waals surface area contributed by atoms with E-state index in [9.17, 15) is 8.42 Å². The molecule has 3 fully saturated rings. The highest BCUT2D eigenvalue weighted by Crippen LogP contribution is 2.49. The Kier molecular flexibility index (Phi) is 5.25. The number of hydrogen-bond acceptors (Lipinski definition) is 4. The molecule has 5 nitrogen and oxygen atoms in total. The highest BCUT2D eigenvalue weighted by atomic mass is 32.2. The van der Waals surface area contributed by atoms with E-state index in [1.54, 1.807) is 16.4 Å². The van der Waals surface area contributed by atoms with Crippen LogP contribution in [0.4, 0.5) is 4.39 Å². The van der Waals surface area contributed by atoms with Crippen molar-refractivity contribution in [2.45, 2.75) is 76.4 Å². The van der Waals surface area contributed by atoms with E-state index in [4.69, 9.17) is 9.31 Å². The van der Waals surface area contributed by atoms with Gasteiger partial charge in [0.25, 0.3) is 0 Å². The third-order valence-corrected chi connectivity index (χ3v) is 9.20.